The maximum absolute atomic E-state index is 5.67. The fourth-order valence-electron chi connectivity index (χ4n) is 2.15. The average Bonchev–Trinajstić information content (AvgIpc) is 2.38. The molecule has 1 aromatic rings. The van der Waals surface area contributed by atoms with Gasteiger partial charge >= 0.3 is 0 Å². The third-order valence-electron chi connectivity index (χ3n) is 4.03. The van der Waals surface area contributed by atoms with Crippen molar-refractivity contribution >= 4 is 0 Å². The molecule has 1 aromatic carbocycles. The van der Waals surface area contributed by atoms with Crippen LogP contribution < -0.4 is 10.5 Å². The lowest BCUT2D eigenvalue weighted by molar-refractivity contribution is 0.404. The Morgan fingerprint density at radius 3 is 2.50 bits per heavy atom. The van der Waals surface area contributed by atoms with E-state index in [1.165, 1.54) is 11.1 Å². The maximum atomic E-state index is 5.67. The Labute approximate surface area is 112 Å². The zero-order valence-electron chi connectivity index (χ0n) is 12.4. The van der Waals surface area contributed by atoms with Gasteiger partial charge in [-0.05, 0) is 47.9 Å². The highest BCUT2D eigenvalue weighted by atomic mass is 16.5. The van der Waals surface area contributed by atoms with Crippen LogP contribution in [0.3, 0.4) is 0 Å². The van der Waals surface area contributed by atoms with E-state index in [-0.39, 0.29) is 5.41 Å². The van der Waals surface area contributed by atoms with Gasteiger partial charge in [0.2, 0.25) is 0 Å². The molecule has 1 unspecified atom stereocenters. The Kier molecular flexibility index (Phi) is 5.21. The van der Waals surface area contributed by atoms with Gasteiger partial charge in [-0.2, -0.15) is 0 Å². The fraction of sp³-hybridized carbons (Fsp3) is 0.625. The Morgan fingerprint density at radius 2 is 2.00 bits per heavy atom. The zero-order chi connectivity index (χ0) is 13.8. The molecule has 18 heavy (non-hydrogen) atoms. The molecule has 1 atom stereocenters. The second kappa shape index (κ2) is 6.24. The van der Waals surface area contributed by atoms with E-state index >= 15 is 0 Å². The quantitative estimate of drug-likeness (QED) is 0.831. The van der Waals surface area contributed by atoms with E-state index in [9.17, 15) is 0 Å². The first-order chi connectivity index (χ1) is 8.46. The van der Waals surface area contributed by atoms with Crippen LogP contribution in [0.4, 0.5) is 0 Å². The number of hydrogen-bond acceptors (Lipinski definition) is 2. The zero-order valence-corrected chi connectivity index (χ0v) is 12.4. The van der Waals surface area contributed by atoms with Crippen molar-refractivity contribution in [3.05, 3.63) is 29.3 Å². The number of ether oxygens (including phenoxy) is 1. The summed E-state index contributed by atoms with van der Waals surface area (Å²) < 4.78 is 5.47. The summed E-state index contributed by atoms with van der Waals surface area (Å²) in [7, 11) is 1.73. The van der Waals surface area contributed by atoms with Crippen molar-refractivity contribution in [1.29, 1.82) is 0 Å². The molecule has 0 fully saturated rings. The lowest BCUT2D eigenvalue weighted by Crippen LogP contribution is -2.16. The highest BCUT2D eigenvalue weighted by molar-refractivity contribution is 5.41. The Balaban J connectivity index is 3.17. The van der Waals surface area contributed by atoms with Crippen molar-refractivity contribution < 1.29 is 4.74 Å². The lowest BCUT2D eigenvalue weighted by Gasteiger charge is -2.26. The molecule has 2 N–H and O–H groups in total. The molecular weight excluding hydrogens is 222 g/mol. The van der Waals surface area contributed by atoms with E-state index in [1.807, 2.05) is 0 Å². The summed E-state index contributed by atoms with van der Waals surface area (Å²) in [6.45, 7) is 9.73. The summed E-state index contributed by atoms with van der Waals surface area (Å²) in [6.07, 6.45) is 2.12. The molecule has 0 bridgehead atoms. The van der Waals surface area contributed by atoms with E-state index < -0.39 is 0 Å². The van der Waals surface area contributed by atoms with Gasteiger partial charge in [-0.1, -0.05) is 39.8 Å². The summed E-state index contributed by atoms with van der Waals surface area (Å²) in [6, 6.07) is 6.57. The summed E-state index contributed by atoms with van der Waals surface area (Å²) in [4.78, 5) is 0. The van der Waals surface area contributed by atoms with Crippen molar-refractivity contribution in [2.45, 2.75) is 51.9 Å². The van der Waals surface area contributed by atoms with Gasteiger partial charge in [-0.3, -0.25) is 0 Å². The first-order valence-corrected chi connectivity index (χ1v) is 6.84. The van der Waals surface area contributed by atoms with Gasteiger partial charge in [0.15, 0.2) is 0 Å². The van der Waals surface area contributed by atoms with E-state index in [1.54, 1.807) is 7.11 Å². The van der Waals surface area contributed by atoms with Crippen molar-refractivity contribution in [3.8, 4) is 5.75 Å². The third-order valence-corrected chi connectivity index (χ3v) is 4.03. The molecule has 0 saturated carbocycles. The van der Waals surface area contributed by atoms with Gasteiger partial charge in [0, 0.05) is 0 Å². The highest BCUT2D eigenvalue weighted by Crippen LogP contribution is 2.34. The first-order valence-electron chi connectivity index (χ1n) is 6.84. The van der Waals surface area contributed by atoms with Crippen LogP contribution in [0.25, 0.3) is 0 Å². The summed E-state index contributed by atoms with van der Waals surface area (Å²) in [5.74, 6) is 1.42. The number of hydrogen-bond donors (Lipinski definition) is 1. The van der Waals surface area contributed by atoms with Crippen LogP contribution in [0.2, 0.25) is 0 Å². The van der Waals surface area contributed by atoms with Gasteiger partial charge in [-0.25, -0.2) is 0 Å². The van der Waals surface area contributed by atoms with Gasteiger partial charge in [0.25, 0.3) is 0 Å². The van der Waals surface area contributed by atoms with Gasteiger partial charge in [-0.15, -0.1) is 0 Å². The molecule has 0 aliphatic heterocycles. The van der Waals surface area contributed by atoms with E-state index in [0.717, 1.165) is 18.6 Å². The Bertz CT molecular complexity index is 385. The molecule has 0 aliphatic carbocycles. The summed E-state index contributed by atoms with van der Waals surface area (Å²) in [5.41, 5.74) is 8.54. The minimum Gasteiger partial charge on any atom is -0.496 e. The standard InChI is InChI=1S/C16H27NO/c1-6-16(3,4)13-7-8-15(18-5)14(11-13)12(2)9-10-17/h7-8,11-12H,6,9-10,17H2,1-5H3. The lowest BCUT2D eigenvalue weighted by atomic mass is 9.80. The van der Waals surface area contributed by atoms with Crippen LogP contribution in [-0.4, -0.2) is 13.7 Å². The molecule has 0 saturated heterocycles. The molecule has 0 heterocycles. The Hall–Kier alpha value is -1.02. The van der Waals surface area contributed by atoms with Gasteiger partial charge < -0.3 is 10.5 Å². The van der Waals surface area contributed by atoms with Crippen molar-refractivity contribution in [1.82, 2.24) is 0 Å². The monoisotopic (exact) mass is 249 g/mol. The number of methoxy groups -OCH3 is 1. The molecule has 0 amide bonds. The minimum absolute atomic E-state index is 0.212. The number of rotatable bonds is 6. The third kappa shape index (κ3) is 3.26. The molecule has 2 heteroatoms. The number of benzene rings is 1. The fourth-order valence-corrected chi connectivity index (χ4v) is 2.15. The number of nitrogens with two attached hydrogens (primary N) is 1. The molecule has 1 rings (SSSR count). The van der Waals surface area contributed by atoms with Crippen LogP contribution in [0, 0.1) is 0 Å². The second-order valence-corrected chi connectivity index (χ2v) is 5.67. The normalized spacial score (nSPS) is 13.4. The SMILES string of the molecule is CCC(C)(C)c1ccc(OC)c(C(C)CCN)c1. The minimum atomic E-state index is 0.212. The van der Waals surface area contributed by atoms with Crippen LogP contribution >= 0.6 is 0 Å². The van der Waals surface area contributed by atoms with Crippen molar-refractivity contribution in [2.75, 3.05) is 13.7 Å². The predicted molar refractivity (Wildman–Crippen MR) is 78.4 cm³/mol. The molecule has 0 aliphatic rings. The van der Waals surface area contributed by atoms with E-state index in [2.05, 4.69) is 45.9 Å². The molecule has 0 aromatic heterocycles. The van der Waals surface area contributed by atoms with Crippen LogP contribution in [0.1, 0.15) is 57.6 Å². The smallest absolute Gasteiger partial charge is 0.122 e. The summed E-state index contributed by atoms with van der Waals surface area (Å²) >= 11 is 0. The van der Waals surface area contributed by atoms with E-state index in [0.29, 0.717) is 12.5 Å². The second-order valence-electron chi connectivity index (χ2n) is 5.67. The molecule has 0 radical (unpaired) electrons. The Morgan fingerprint density at radius 1 is 1.33 bits per heavy atom. The molecule has 102 valence electrons. The molecular formula is C16H27NO. The van der Waals surface area contributed by atoms with Crippen LogP contribution in [0.15, 0.2) is 18.2 Å². The van der Waals surface area contributed by atoms with Gasteiger partial charge in [0.05, 0.1) is 7.11 Å². The van der Waals surface area contributed by atoms with Crippen LogP contribution in [-0.2, 0) is 5.41 Å². The molecule has 2 nitrogen and oxygen atoms in total. The highest BCUT2D eigenvalue weighted by Gasteiger charge is 2.21. The average molecular weight is 249 g/mol. The van der Waals surface area contributed by atoms with Crippen molar-refractivity contribution in [2.24, 2.45) is 5.73 Å². The first kappa shape index (κ1) is 15.0. The largest absolute Gasteiger partial charge is 0.496 e. The van der Waals surface area contributed by atoms with Crippen molar-refractivity contribution in [3.63, 3.8) is 0 Å². The predicted octanol–water partition coefficient (Wildman–Crippen LogP) is 3.84. The van der Waals surface area contributed by atoms with Gasteiger partial charge in [0.1, 0.15) is 5.75 Å². The van der Waals surface area contributed by atoms with E-state index in [4.69, 9.17) is 10.5 Å². The summed E-state index contributed by atoms with van der Waals surface area (Å²) in [5, 5.41) is 0. The maximum Gasteiger partial charge on any atom is 0.122 e. The molecule has 0 spiro atoms. The van der Waals surface area contributed by atoms with Crippen LogP contribution in [0.5, 0.6) is 5.75 Å². The topological polar surface area (TPSA) is 35.2 Å².